The van der Waals surface area contributed by atoms with Gasteiger partial charge in [0.2, 0.25) is 0 Å². The van der Waals surface area contributed by atoms with Crippen LogP contribution in [-0.2, 0) is 4.74 Å². The van der Waals surface area contributed by atoms with Crippen molar-refractivity contribution in [2.24, 2.45) is 16.2 Å². The number of hydrogen-bond acceptors (Lipinski definition) is 2. The second-order valence-electron chi connectivity index (χ2n) is 7.30. The fraction of sp³-hybridized carbons (Fsp3) is 0.929. The van der Waals surface area contributed by atoms with Gasteiger partial charge in [0.1, 0.15) is 0 Å². The van der Waals surface area contributed by atoms with Crippen LogP contribution in [0.2, 0.25) is 0 Å². The third-order valence-electron chi connectivity index (χ3n) is 3.75. The summed E-state index contributed by atoms with van der Waals surface area (Å²) in [5, 5.41) is 2.47. The number of hydrogen-bond donors (Lipinski definition) is 1. The summed E-state index contributed by atoms with van der Waals surface area (Å²) >= 11 is 0. The molecule has 0 aromatic heterocycles. The second kappa shape index (κ2) is 5.28. The molecule has 0 saturated heterocycles. The summed E-state index contributed by atoms with van der Waals surface area (Å²) in [6, 6.07) is 0. The highest BCUT2D eigenvalue weighted by atomic mass is 16.5. The zero-order valence-corrected chi connectivity index (χ0v) is 12.7. The van der Waals surface area contributed by atoms with Gasteiger partial charge < -0.3 is 10.1 Å². The van der Waals surface area contributed by atoms with Crippen molar-refractivity contribution in [3.05, 3.63) is 0 Å². The van der Waals surface area contributed by atoms with Crippen molar-refractivity contribution in [1.82, 2.24) is 5.32 Å². The summed E-state index contributed by atoms with van der Waals surface area (Å²) < 4.78 is 5.16. The SMILES string of the molecule is CNC(=O)OCC(C)(C)CC(C)(C)C(C)(C)C. The largest absolute Gasteiger partial charge is 0.449 e. The number of amides is 1. The van der Waals surface area contributed by atoms with Crippen LogP contribution < -0.4 is 5.32 Å². The molecule has 0 aromatic carbocycles. The third-order valence-corrected chi connectivity index (χ3v) is 3.75. The van der Waals surface area contributed by atoms with Crippen LogP contribution >= 0.6 is 0 Å². The van der Waals surface area contributed by atoms with Gasteiger partial charge in [0.15, 0.2) is 0 Å². The van der Waals surface area contributed by atoms with E-state index in [-0.39, 0.29) is 22.3 Å². The average Bonchev–Trinajstić information content (AvgIpc) is 2.10. The Bertz CT molecular complexity index is 262. The van der Waals surface area contributed by atoms with Crippen molar-refractivity contribution in [1.29, 1.82) is 0 Å². The smallest absolute Gasteiger partial charge is 0.406 e. The number of rotatable bonds is 4. The zero-order valence-electron chi connectivity index (χ0n) is 12.7. The maximum atomic E-state index is 11.1. The molecule has 0 spiro atoms. The first kappa shape index (κ1) is 16.3. The van der Waals surface area contributed by atoms with Gasteiger partial charge in [-0.2, -0.15) is 0 Å². The first-order valence-electron chi connectivity index (χ1n) is 6.26. The monoisotopic (exact) mass is 243 g/mol. The zero-order chi connectivity index (χ0) is 13.9. The Hall–Kier alpha value is -0.730. The van der Waals surface area contributed by atoms with Gasteiger partial charge in [-0.15, -0.1) is 0 Å². The molecule has 0 fully saturated rings. The van der Waals surface area contributed by atoms with E-state index in [0.717, 1.165) is 6.42 Å². The number of carbonyl (C=O) groups excluding carboxylic acids is 1. The molecule has 0 aromatic rings. The molecule has 0 rings (SSSR count). The molecule has 0 unspecified atom stereocenters. The molecular weight excluding hydrogens is 214 g/mol. The lowest BCUT2D eigenvalue weighted by Crippen LogP contribution is -2.37. The van der Waals surface area contributed by atoms with Gasteiger partial charge >= 0.3 is 6.09 Å². The Labute approximate surface area is 106 Å². The summed E-state index contributed by atoms with van der Waals surface area (Å²) in [6.07, 6.45) is 0.659. The van der Waals surface area contributed by atoms with Gasteiger partial charge in [0.05, 0.1) is 6.61 Å². The van der Waals surface area contributed by atoms with Crippen LogP contribution in [0.1, 0.15) is 54.9 Å². The highest BCUT2D eigenvalue weighted by Gasteiger charge is 2.38. The summed E-state index contributed by atoms with van der Waals surface area (Å²) in [5.41, 5.74) is 0.420. The van der Waals surface area contributed by atoms with Gasteiger partial charge in [0.25, 0.3) is 0 Å². The van der Waals surface area contributed by atoms with Crippen LogP contribution in [-0.4, -0.2) is 19.7 Å². The number of nitrogens with one attached hydrogen (secondary N) is 1. The normalized spacial score (nSPS) is 13.4. The number of alkyl carbamates (subject to hydrolysis) is 1. The van der Waals surface area contributed by atoms with E-state index in [1.807, 2.05) is 0 Å². The van der Waals surface area contributed by atoms with Gasteiger partial charge in [-0.05, 0) is 22.7 Å². The lowest BCUT2D eigenvalue weighted by Gasteiger charge is -2.43. The molecule has 0 radical (unpaired) electrons. The fourth-order valence-electron chi connectivity index (χ4n) is 1.85. The Kier molecular flexibility index (Phi) is 5.05. The molecule has 0 aliphatic rings. The molecule has 0 heterocycles. The Balaban J connectivity index is 4.49. The average molecular weight is 243 g/mol. The molecule has 0 atom stereocenters. The van der Waals surface area contributed by atoms with Gasteiger partial charge in [-0.25, -0.2) is 4.79 Å². The summed E-state index contributed by atoms with van der Waals surface area (Å²) in [5.74, 6) is 0. The molecule has 1 N–H and O–H groups in total. The number of carbonyl (C=O) groups is 1. The lowest BCUT2D eigenvalue weighted by atomic mass is 9.62. The topological polar surface area (TPSA) is 38.3 Å². The quantitative estimate of drug-likeness (QED) is 0.815. The Morgan fingerprint density at radius 2 is 1.53 bits per heavy atom. The lowest BCUT2D eigenvalue weighted by molar-refractivity contribution is 0.0281. The van der Waals surface area contributed by atoms with Crippen molar-refractivity contribution in [2.45, 2.75) is 54.9 Å². The van der Waals surface area contributed by atoms with E-state index in [0.29, 0.717) is 6.61 Å². The molecular formula is C14H29NO2. The van der Waals surface area contributed by atoms with Gasteiger partial charge in [-0.1, -0.05) is 48.5 Å². The molecule has 0 aliphatic heterocycles. The van der Waals surface area contributed by atoms with Gasteiger partial charge in [-0.3, -0.25) is 0 Å². The van der Waals surface area contributed by atoms with Crippen LogP contribution in [0.15, 0.2) is 0 Å². The van der Waals surface area contributed by atoms with E-state index in [1.54, 1.807) is 7.05 Å². The van der Waals surface area contributed by atoms with Crippen molar-refractivity contribution in [3.63, 3.8) is 0 Å². The molecule has 1 amide bonds. The third kappa shape index (κ3) is 5.42. The second-order valence-corrected chi connectivity index (χ2v) is 7.30. The molecule has 0 bridgehead atoms. The predicted octanol–water partition coefficient (Wildman–Crippen LogP) is 3.83. The summed E-state index contributed by atoms with van der Waals surface area (Å²) in [4.78, 5) is 11.1. The van der Waals surface area contributed by atoms with Crippen molar-refractivity contribution in [2.75, 3.05) is 13.7 Å². The van der Waals surface area contributed by atoms with Crippen LogP contribution in [0, 0.1) is 16.2 Å². The van der Waals surface area contributed by atoms with Crippen molar-refractivity contribution < 1.29 is 9.53 Å². The maximum Gasteiger partial charge on any atom is 0.406 e. The molecule has 3 heteroatoms. The molecule has 0 saturated carbocycles. The Morgan fingerprint density at radius 1 is 1.06 bits per heavy atom. The fourth-order valence-corrected chi connectivity index (χ4v) is 1.85. The summed E-state index contributed by atoms with van der Waals surface area (Å²) in [6.45, 7) is 16.0. The van der Waals surface area contributed by atoms with E-state index < -0.39 is 0 Å². The van der Waals surface area contributed by atoms with Crippen LogP contribution in [0.5, 0.6) is 0 Å². The standard InChI is InChI=1S/C14H29NO2/c1-12(2,3)14(6,7)9-13(4,5)10-17-11(16)15-8/h9-10H2,1-8H3,(H,15,16). The minimum Gasteiger partial charge on any atom is -0.449 e. The highest BCUT2D eigenvalue weighted by Crippen LogP contribution is 2.46. The first-order chi connectivity index (χ1) is 7.41. The minimum absolute atomic E-state index is 0.0106. The van der Waals surface area contributed by atoms with Crippen LogP contribution in [0.25, 0.3) is 0 Å². The first-order valence-corrected chi connectivity index (χ1v) is 6.26. The Morgan fingerprint density at radius 3 is 1.88 bits per heavy atom. The van der Waals surface area contributed by atoms with E-state index in [2.05, 4.69) is 53.8 Å². The van der Waals surface area contributed by atoms with E-state index in [1.165, 1.54) is 0 Å². The van der Waals surface area contributed by atoms with E-state index >= 15 is 0 Å². The minimum atomic E-state index is -0.355. The van der Waals surface area contributed by atoms with Crippen LogP contribution in [0.4, 0.5) is 4.79 Å². The highest BCUT2D eigenvalue weighted by molar-refractivity contribution is 5.66. The van der Waals surface area contributed by atoms with Gasteiger partial charge in [0, 0.05) is 7.05 Å². The van der Waals surface area contributed by atoms with E-state index in [4.69, 9.17) is 4.74 Å². The molecule has 102 valence electrons. The van der Waals surface area contributed by atoms with Crippen molar-refractivity contribution in [3.8, 4) is 0 Å². The molecule has 3 nitrogen and oxygen atoms in total. The molecule has 0 aliphatic carbocycles. The maximum absolute atomic E-state index is 11.1. The van der Waals surface area contributed by atoms with E-state index in [9.17, 15) is 4.79 Å². The number of ether oxygens (including phenoxy) is 1. The predicted molar refractivity (Wildman–Crippen MR) is 72.0 cm³/mol. The summed E-state index contributed by atoms with van der Waals surface area (Å²) in [7, 11) is 1.58. The van der Waals surface area contributed by atoms with Crippen LogP contribution in [0.3, 0.4) is 0 Å². The van der Waals surface area contributed by atoms with Crippen molar-refractivity contribution >= 4 is 6.09 Å². The molecule has 17 heavy (non-hydrogen) atoms.